The van der Waals surface area contributed by atoms with Gasteiger partial charge in [-0.25, -0.2) is 0 Å². The zero-order valence-electron chi connectivity index (χ0n) is 9.87. The maximum atomic E-state index is 11.7. The number of aliphatic carboxylic acids is 1. The summed E-state index contributed by atoms with van der Waals surface area (Å²) < 4.78 is 0. The number of piperazine rings is 1. The normalized spacial score (nSPS) is 19.9. The van der Waals surface area contributed by atoms with Crippen LogP contribution in [0.2, 0.25) is 0 Å². The number of carbonyl (C=O) groups is 2. The van der Waals surface area contributed by atoms with Crippen LogP contribution in [0, 0.1) is 0 Å². The van der Waals surface area contributed by atoms with E-state index in [0.29, 0.717) is 13.1 Å². The molecule has 0 spiro atoms. The summed E-state index contributed by atoms with van der Waals surface area (Å²) in [5.41, 5.74) is 0.807. The molecular formula is C12H15N3O3. The van der Waals surface area contributed by atoms with Gasteiger partial charge in [-0.15, -0.1) is 0 Å². The molecule has 6 heteroatoms. The van der Waals surface area contributed by atoms with Crippen molar-refractivity contribution in [1.82, 2.24) is 15.2 Å². The van der Waals surface area contributed by atoms with Crippen LogP contribution in [-0.4, -0.2) is 46.0 Å². The van der Waals surface area contributed by atoms with Gasteiger partial charge in [0.05, 0.1) is 25.2 Å². The van der Waals surface area contributed by atoms with Gasteiger partial charge in [-0.05, 0) is 12.1 Å². The maximum absolute atomic E-state index is 11.7. The van der Waals surface area contributed by atoms with E-state index in [2.05, 4.69) is 10.3 Å². The highest BCUT2D eigenvalue weighted by atomic mass is 16.4. The Hall–Kier alpha value is -1.95. The van der Waals surface area contributed by atoms with Gasteiger partial charge >= 0.3 is 5.97 Å². The molecule has 1 unspecified atom stereocenters. The fourth-order valence-electron chi connectivity index (χ4n) is 1.96. The number of hydrogen-bond donors (Lipinski definition) is 2. The van der Waals surface area contributed by atoms with Crippen LogP contribution in [0.15, 0.2) is 24.4 Å². The lowest BCUT2D eigenvalue weighted by Gasteiger charge is -2.32. The smallest absolute Gasteiger partial charge is 0.304 e. The van der Waals surface area contributed by atoms with E-state index in [0.717, 1.165) is 5.69 Å². The van der Waals surface area contributed by atoms with Gasteiger partial charge in [-0.3, -0.25) is 14.6 Å². The van der Waals surface area contributed by atoms with Crippen molar-refractivity contribution in [3.63, 3.8) is 0 Å². The van der Waals surface area contributed by atoms with Crippen LogP contribution in [0.5, 0.6) is 0 Å². The lowest BCUT2D eigenvalue weighted by Crippen LogP contribution is -2.54. The van der Waals surface area contributed by atoms with Crippen LogP contribution in [0.1, 0.15) is 12.1 Å². The van der Waals surface area contributed by atoms with Crippen molar-refractivity contribution < 1.29 is 14.7 Å². The SMILES string of the molecule is O=C(O)CC1CN(Cc2ccccn2)C(=O)CN1. The van der Waals surface area contributed by atoms with E-state index < -0.39 is 5.97 Å². The van der Waals surface area contributed by atoms with Gasteiger partial charge in [0, 0.05) is 18.8 Å². The summed E-state index contributed by atoms with van der Waals surface area (Å²) in [6.07, 6.45) is 1.70. The highest BCUT2D eigenvalue weighted by molar-refractivity contribution is 5.79. The van der Waals surface area contributed by atoms with E-state index in [1.165, 1.54) is 0 Å². The second kappa shape index (κ2) is 5.59. The second-order valence-corrected chi connectivity index (χ2v) is 4.27. The predicted octanol–water partition coefficient (Wildman–Crippen LogP) is -0.143. The Morgan fingerprint density at radius 1 is 1.56 bits per heavy atom. The number of hydrogen-bond acceptors (Lipinski definition) is 4. The fourth-order valence-corrected chi connectivity index (χ4v) is 1.96. The Bertz CT molecular complexity index is 435. The van der Waals surface area contributed by atoms with Gasteiger partial charge in [-0.1, -0.05) is 6.07 Å². The van der Waals surface area contributed by atoms with Gasteiger partial charge in [0.25, 0.3) is 0 Å². The van der Waals surface area contributed by atoms with Crippen LogP contribution in [0.4, 0.5) is 0 Å². The largest absolute Gasteiger partial charge is 0.481 e. The molecule has 2 N–H and O–H groups in total. The Labute approximate surface area is 105 Å². The lowest BCUT2D eigenvalue weighted by atomic mass is 10.1. The van der Waals surface area contributed by atoms with Crippen molar-refractivity contribution in [3.05, 3.63) is 30.1 Å². The van der Waals surface area contributed by atoms with Gasteiger partial charge in [0.2, 0.25) is 5.91 Å². The number of aromatic nitrogens is 1. The average Bonchev–Trinajstić information content (AvgIpc) is 2.34. The minimum Gasteiger partial charge on any atom is -0.481 e. The molecule has 1 aliphatic rings. The van der Waals surface area contributed by atoms with Crippen LogP contribution < -0.4 is 5.32 Å². The van der Waals surface area contributed by atoms with Gasteiger partial charge < -0.3 is 15.3 Å². The summed E-state index contributed by atoms with van der Waals surface area (Å²) in [5, 5.41) is 11.7. The molecule has 1 amide bonds. The van der Waals surface area contributed by atoms with Crippen LogP contribution in [-0.2, 0) is 16.1 Å². The molecule has 1 aromatic heterocycles. The number of carboxylic acid groups (broad SMARTS) is 1. The summed E-state index contributed by atoms with van der Waals surface area (Å²) in [4.78, 5) is 28.2. The molecule has 1 fully saturated rings. The Morgan fingerprint density at radius 2 is 2.39 bits per heavy atom. The molecule has 1 atom stereocenters. The summed E-state index contributed by atoms with van der Waals surface area (Å²) in [6.45, 7) is 1.02. The molecule has 0 aromatic carbocycles. The first-order valence-corrected chi connectivity index (χ1v) is 5.78. The van der Waals surface area contributed by atoms with Crippen molar-refractivity contribution in [2.45, 2.75) is 19.0 Å². The third kappa shape index (κ3) is 3.27. The standard InChI is InChI=1S/C12H15N3O3/c16-11-6-14-10(5-12(17)18)8-15(11)7-9-3-1-2-4-13-9/h1-4,10,14H,5-8H2,(H,17,18). The van der Waals surface area contributed by atoms with E-state index in [9.17, 15) is 9.59 Å². The van der Waals surface area contributed by atoms with E-state index >= 15 is 0 Å². The van der Waals surface area contributed by atoms with E-state index in [1.54, 1.807) is 11.1 Å². The molecule has 1 saturated heterocycles. The van der Waals surface area contributed by atoms with Crippen molar-refractivity contribution in [2.75, 3.05) is 13.1 Å². The van der Waals surface area contributed by atoms with E-state index in [1.807, 2.05) is 18.2 Å². The monoisotopic (exact) mass is 249 g/mol. The van der Waals surface area contributed by atoms with Crippen LogP contribution in [0.3, 0.4) is 0 Å². The number of carboxylic acids is 1. The van der Waals surface area contributed by atoms with Crippen molar-refractivity contribution >= 4 is 11.9 Å². The molecule has 0 saturated carbocycles. The van der Waals surface area contributed by atoms with Crippen LogP contribution >= 0.6 is 0 Å². The molecule has 6 nitrogen and oxygen atoms in total. The number of nitrogens with zero attached hydrogens (tertiary/aromatic N) is 2. The molecule has 96 valence electrons. The minimum atomic E-state index is -0.861. The number of carbonyl (C=O) groups excluding carboxylic acids is 1. The topological polar surface area (TPSA) is 82.5 Å². The van der Waals surface area contributed by atoms with Crippen LogP contribution in [0.25, 0.3) is 0 Å². The summed E-state index contributed by atoms with van der Waals surface area (Å²) >= 11 is 0. The minimum absolute atomic E-state index is 0.0198. The quantitative estimate of drug-likeness (QED) is 0.776. The third-order valence-electron chi connectivity index (χ3n) is 2.84. The van der Waals surface area contributed by atoms with E-state index in [-0.39, 0.29) is 24.9 Å². The molecule has 2 rings (SSSR count). The maximum Gasteiger partial charge on any atom is 0.304 e. The van der Waals surface area contributed by atoms with Crippen molar-refractivity contribution in [2.24, 2.45) is 0 Å². The zero-order valence-corrected chi connectivity index (χ0v) is 9.87. The third-order valence-corrected chi connectivity index (χ3v) is 2.84. The summed E-state index contributed by atoms with van der Waals surface area (Å²) in [5.74, 6) is -0.887. The molecular weight excluding hydrogens is 234 g/mol. The number of amides is 1. The van der Waals surface area contributed by atoms with Crippen molar-refractivity contribution in [1.29, 1.82) is 0 Å². The Balaban J connectivity index is 1.97. The first-order chi connectivity index (χ1) is 8.65. The zero-order chi connectivity index (χ0) is 13.0. The second-order valence-electron chi connectivity index (χ2n) is 4.27. The highest BCUT2D eigenvalue weighted by Crippen LogP contribution is 2.08. The summed E-state index contributed by atoms with van der Waals surface area (Å²) in [6, 6.07) is 5.34. The molecule has 18 heavy (non-hydrogen) atoms. The first kappa shape index (κ1) is 12.5. The molecule has 1 aliphatic heterocycles. The summed E-state index contributed by atoms with van der Waals surface area (Å²) in [7, 11) is 0. The number of nitrogens with one attached hydrogen (secondary N) is 1. The van der Waals surface area contributed by atoms with Gasteiger partial charge in [-0.2, -0.15) is 0 Å². The molecule has 0 aliphatic carbocycles. The molecule has 0 bridgehead atoms. The van der Waals surface area contributed by atoms with Crippen molar-refractivity contribution in [3.8, 4) is 0 Å². The number of pyridine rings is 1. The van der Waals surface area contributed by atoms with Gasteiger partial charge in [0.15, 0.2) is 0 Å². The van der Waals surface area contributed by atoms with Gasteiger partial charge in [0.1, 0.15) is 0 Å². The molecule has 2 heterocycles. The number of rotatable bonds is 4. The first-order valence-electron chi connectivity index (χ1n) is 5.78. The Kier molecular flexibility index (Phi) is 3.88. The lowest BCUT2D eigenvalue weighted by molar-refractivity contribution is -0.140. The van der Waals surface area contributed by atoms with E-state index in [4.69, 9.17) is 5.11 Å². The Morgan fingerprint density at radius 3 is 3.06 bits per heavy atom. The predicted molar refractivity (Wildman–Crippen MR) is 63.7 cm³/mol. The fraction of sp³-hybridized carbons (Fsp3) is 0.417. The molecule has 1 aromatic rings. The molecule has 0 radical (unpaired) electrons. The highest BCUT2D eigenvalue weighted by Gasteiger charge is 2.26. The average molecular weight is 249 g/mol.